The van der Waals surface area contributed by atoms with Gasteiger partial charge >= 0.3 is 6.18 Å². The standard InChI is InChI=1S/C28H24F3NO6/c1-15-6-5-7-20(16(15)2)32-24(33)14-37-18-9-10-19-22(13-18)38-27(28(29,30)31)25(26(19)34)17-8-11-21(35-3)23(12-17)36-4/h5-13H,14H2,1-4H3,(H,32,33). The van der Waals surface area contributed by atoms with Crippen LogP contribution < -0.4 is 25.0 Å². The van der Waals surface area contributed by atoms with Gasteiger partial charge in [-0.3, -0.25) is 9.59 Å². The Bertz CT molecular complexity index is 1580. The monoisotopic (exact) mass is 527 g/mol. The number of methoxy groups -OCH3 is 2. The van der Waals surface area contributed by atoms with Gasteiger partial charge in [0.1, 0.15) is 11.3 Å². The van der Waals surface area contributed by atoms with E-state index < -0.39 is 35.4 Å². The lowest BCUT2D eigenvalue weighted by atomic mass is 10.0. The highest BCUT2D eigenvalue weighted by Gasteiger charge is 2.39. The summed E-state index contributed by atoms with van der Waals surface area (Å²) in [5, 5.41) is 2.65. The van der Waals surface area contributed by atoms with Crippen molar-refractivity contribution in [2.24, 2.45) is 0 Å². The third-order valence-corrected chi connectivity index (χ3v) is 6.04. The molecule has 0 aliphatic carbocycles. The van der Waals surface area contributed by atoms with Crippen LogP contribution in [0.3, 0.4) is 0 Å². The van der Waals surface area contributed by atoms with Gasteiger partial charge in [-0.25, -0.2) is 0 Å². The summed E-state index contributed by atoms with van der Waals surface area (Å²) in [7, 11) is 2.72. The fourth-order valence-electron chi connectivity index (χ4n) is 3.94. The second kappa shape index (κ2) is 10.5. The zero-order valence-electron chi connectivity index (χ0n) is 21.0. The van der Waals surface area contributed by atoms with Gasteiger partial charge in [0.25, 0.3) is 5.91 Å². The molecule has 1 N–H and O–H groups in total. The summed E-state index contributed by atoms with van der Waals surface area (Å²) in [4.78, 5) is 25.6. The molecule has 0 bridgehead atoms. The molecule has 1 amide bonds. The summed E-state index contributed by atoms with van der Waals surface area (Å²) in [6.45, 7) is 3.38. The molecule has 0 spiro atoms. The Kier molecular flexibility index (Phi) is 7.34. The third kappa shape index (κ3) is 5.29. The third-order valence-electron chi connectivity index (χ3n) is 6.04. The highest BCUT2D eigenvalue weighted by Crippen LogP contribution is 2.40. The average Bonchev–Trinajstić information content (AvgIpc) is 2.89. The molecule has 0 radical (unpaired) electrons. The van der Waals surface area contributed by atoms with Gasteiger partial charge in [-0.2, -0.15) is 13.2 Å². The smallest absolute Gasteiger partial charge is 0.450 e. The Labute approximate surface area is 215 Å². The lowest BCUT2D eigenvalue weighted by Crippen LogP contribution is -2.21. The van der Waals surface area contributed by atoms with Crippen molar-refractivity contribution in [3.05, 3.63) is 81.7 Å². The first-order valence-electron chi connectivity index (χ1n) is 11.4. The van der Waals surface area contributed by atoms with Gasteiger partial charge in [0.05, 0.1) is 25.2 Å². The first kappa shape index (κ1) is 26.6. The Hall–Kier alpha value is -4.47. The second-order valence-electron chi connectivity index (χ2n) is 8.45. The topological polar surface area (TPSA) is 87.0 Å². The fraction of sp³-hybridized carbons (Fsp3) is 0.214. The number of benzene rings is 3. The van der Waals surface area contributed by atoms with Gasteiger partial charge < -0.3 is 23.9 Å². The van der Waals surface area contributed by atoms with Crippen molar-refractivity contribution in [2.75, 3.05) is 26.1 Å². The maximum Gasteiger partial charge on any atom is 0.450 e. The van der Waals surface area contributed by atoms with Crippen LogP contribution in [0.4, 0.5) is 18.9 Å². The van der Waals surface area contributed by atoms with Crippen LogP contribution in [0.15, 0.2) is 63.8 Å². The van der Waals surface area contributed by atoms with Crippen LogP contribution in [0.2, 0.25) is 0 Å². The predicted octanol–water partition coefficient (Wildman–Crippen LogP) is 6.13. The zero-order chi connectivity index (χ0) is 27.6. The number of amides is 1. The summed E-state index contributed by atoms with van der Waals surface area (Å²) < 4.78 is 63.0. The van der Waals surface area contributed by atoms with Crippen LogP contribution in [0, 0.1) is 13.8 Å². The van der Waals surface area contributed by atoms with E-state index in [1.54, 1.807) is 12.1 Å². The van der Waals surface area contributed by atoms with Crippen molar-refractivity contribution < 1.29 is 36.6 Å². The molecule has 4 aromatic rings. The Morgan fingerprint density at radius 3 is 2.39 bits per heavy atom. The number of carbonyl (C=O) groups is 1. The first-order chi connectivity index (χ1) is 18.0. The fourth-order valence-corrected chi connectivity index (χ4v) is 3.94. The van der Waals surface area contributed by atoms with E-state index in [-0.39, 0.29) is 28.0 Å². The summed E-state index contributed by atoms with van der Waals surface area (Å²) in [6, 6.07) is 13.3. The Morgan fingerprint density at radius 2 is 1.71 bits per heavy atom. The minimum absolute atomic E-state index is 0.0472. The maximum absolute atomic E-state index is 14.0. The number of aryl methyl sites for hydroxylation is 1. The number of nitrogens with one attached hydrogen (secondary N) is 1. The molecule has 1 aromatic heterocycles. The van der Waals surface area contributed by atoms with Gasteiger partial charge in [-0.05, 0) is 60.9 Å². The van der Waals surface area contributed by atoms with E-state index in [2.05, 4.69) is 5.32 Å². The van der Waals surface area contributed by atoms with Crippen molar-refractivity contribution >= 4 is 22.6 Å². The first-order valence-corrected chi connectivity index (χ1v) is 11.4. The van der Waals surface area contributed by atoms with Gasteiger partial charge in [-0.15, -0.1) is 0 Å². The minimum atomic E-state index is -4.97. The van der Waals surface area contributed by atoms with E-state index in [9.17, 15) is 22.8 Å². The Balaban J connectivity index is 1.68. The molecule has 4 rings (SSSR count). The molecule has 0 aliphatic heterocycles. The Morgan fingerprint density at radius 1 is 0.974 bits per heavy atom. The van der Waals surface area contributed by atoms with Crippen LogP contribution >= 0.6 is 0 Å². The molecule has 198 valence electrons. The molecule has 38 heavy (non-hydrogen) atoms. The lowest BCUT2D eigenvalue weighted by Gasteiger charge is -2.15. The number of alkyl halides is 3. The molecule has 3 aromatic carbocycles. The maximum atomic E-state index is 14.0. The molecule has 10 heteroatoms. The van der Waals surface area contributed by atoms with E-state index >= 15 is 0 Å². The zero-order valence-corrected chi connectivity index (χ0v) is 21.0. The van der Waals surface area contributed by atoms with Gasteiger partial charge in [0, 0.05) is 11.8 Å². The van der Waals surface area contributed by atoms with Crippen LogP contribution in [0.5, 0.6) is 17.2 Å². The number of fused-ring (bicyclic) bond motifs is 1. The van der Waals surface area contributed by atoms with Crippen LogP contribution in [-0.2, 0) is 11.0 Å². The number of halogens is 3. The van der Waals surface area contributed by atoms with E-state index in [0.717, 1.165) is 17.2 Å². The van der Waals surface area contributed by atoms with Crippen LogP contribution in [0.1, 0.15) is 16.9 Å². The molecule has 0 unspecified atom stereocenters. The predicted molar refractivity (Wildman–Crippen MR) is 136 cm³/mol. The molecule has 0 saturated carbocycles. The van der Waals surface area contributed by atoms with Crippen LogP contribution in [0.25, 0.3) is 22.1 Å². The van der Waals surface area contributed by atoms with Crippen molar-refractivity contribution in [3.63, 3.8) is 0 Å². The van der Waals surface area contributed by atoms with E-state index in [1.807, 2.05) is 19.9 Å². The highest BCUT2D eigenvalue weighted by molar-refractivity contribution is 5.93. The number of carbonyl (C=O) groups excluding carboxylic acids is 1. The van der Waals surface area contributed by atoms with Gasteiger partial charge in [0.15, 0.2) is 18.1 Å². The minimum Gasteiger partial charge on any atom is -0.493 e. The van der Waals surface area contributed by atoms with Crippen LogP contribution in [-0.4, -0.2) is 26.7 Å². The molecule has 0 saturated heterocycles. The van der Waals surface area contributed by atoms with Crippen molar-refractivity contribution in [1.29, 1.82) is 0 Å². The molecule has 7 nitrogen and oxygen atoms in total. The SMILES string of the molecule is COc1ccc(-c2c(C(F)(F)F)oc3cc(OCC(=O)Nc4cccc(C)c4C)ccc3c2=O)cc1OC. The molecule has 0 atom stereocenters. The van der Waals surface area contributed by atoms with Gasteiger partial charge in [-0.1, -0.05) is 18.2 Å². The van der Waals surface area contributed by atoms with E-state index in [1.165, 1.54) is 44.6 Å². The normalized spacial score (nSPS) is 11.3. The van der Waals surface area contributed by atoms with Crippen molar-refractivity contribution in [3.8, 4) is 28.4 Å². The summed E-state index contributed by atoms with van der Waals surface area (Å²) in [5.74, 6) is -1.42. The molecule has 1 heterocycles. The molecule has 0 fully saturated rings. The average molecular weight is 527 g/mol. The second-order valence-corrected chi connectivity index (χ2v) is 8.45. The number of anilines is 1. The largest absolute Gasteiger partial charge is 0.493 e. The van der Waals surface area contributed by atoms with Gasteiger partial charge in [0.2, 0.25) is 11.2 Å². The number of rotatable bonds is 7. The number of hydrogen-bond donors (Lipinski definition) is 1. The lowest BCUT2D eigenvalue weighted by molar-refractivity contribution is -0.152. The van der Waals surface area contributed by atoms with Crippen molar-refractivity contribution in [1.82, 2.24) is 0 Å². The van der Waals surface area contributed by atoms with E-state index in [4.69, 9.17) is 18.6 Å². The summed E-state index contributed by atoms with van der Waals surface area (Å²) >= 11 is 0. The molecular weight excluding hydrogens is 503 g/mol. The summed E-state index contributed by atoms with van der Waals surface area (Å²) in [5.41, 5.74) is 0.602. The van der Waals surface area contributed by atoms with E-state index in [0.29, 0.717) is 11.4 Å². The number of ether oxygens (including phenoxy) is 3. The highest BCUT2D eigenvalue weighted by atomic mass is 19.4. The summed E-state index contributed by atoms with van der Waals surface area (Å²) in [6.07, 6.45) is -4.97. The molecule has 0 aliphatic rings. The molecular formula is C28H24F3NO6. The quantitative estimate of drug-likeness (QED) is 0.311. The number of hydrogen-bond acceptors (Lipinski definition) is 6. The van der Waals surface area contributed by atoms with Crippen molar-refractivity contribution in [2.45, 2.75) is 20.0 Å².